The van der Waals surface area contributed by atoms with Crippen molar-refractivity contribution < 1.29 is 28.5 Å². The van der Waals surface area contributed by atoms with Crippen LogP contribution in [0.3, 0.4) is 0 Å². The predicted molar refractivity (Wildman–Crippen MR) is 114 cm³/mol. The van der Waals surface area contributed by atoms with Gasteiger partial charge in [0.2, 0.25) is 5.88 Å². The molecule has 1 aliphatic heterocycles. The molecule has 0 unspecified atom stereocenters. The smallest absolute Gasteiger partial charge is 0.270 e. The number of halogens is 1. The summed E-state index contributed by atoms with van der Waals surface area (Å²) in [6.07, 6.45) is 1.15. The van der Waals surface area contributed by atoms with E-state index in [0.29, 0.717) is 30.9 Å². The zero-order chi connectivity index (χ0) is 22.4. The minimum atomic E-state index is -0.470. The molecule has 174 valence electrons. The number of carbonyl (C=O) groups is 1. The fourth-order valence-electron chi connectivity index (χ4n) is 3.55. The van der Waals surface area contributed by atoms with Crippen LogP contribution in [0.25, 0.3) is 0 Å². The van der Waals surface area contributed by atoms with Crippen LogP contribution in [0.4, 0.5) is 10.1 Å². The number of anilines is 1. The molecule has 9 heteroatoms. The lowest BCUT2D eigenvalue weighted by atomic mass is 10.1. The molecule has 1 saturated carbocycles. The number of hydrogen-bond acceptors (Lipinski definition) is 7. The molecule has 3 atom stereocenters. The van der Waals surface area contributed by atoms with Crippen LogP contribution in [0, 0.1) is 17.8 Å². The first kappa shape index (κ1) is 23.7. The van der Waals surface area contributed by atoms with E-state index < -0.39 is 6.67 Å². The maximum atomic E-state index is 12.7. The van der Waals surface area contributed by atoms with E-state index in [1.807, 2.05) is 19.9 Å². The Bertz CT molecular complexity index is 729. The molecule has 0 spiro atoms. The van der Waals surface area contributed by atoms with Gasteiger partial charge < -0.3 is 29.5 Å². The Morgan fingerprint density at radius 3 is 2.71 bits per heavy atom. The van der Waals surface area contributed by atoms with E-state index in [2.05, 4.69) is 15.2 Å². The highest BCUT2D eigenvalue weighted by Gasteiger charge is 2.38. The number of carbonyl (C=O) groups excluding carboxylic acids is 1. The number of nitrogens with one attached hydrogen (secondary N) is 1. The van der Waals surface area contributed by atoms with Crippen molar-refractivity contribution in [3.63, 3.8) is 0 Å². The Morgan fingerprint density at radius 2 is 2.06 bits per heavy atom. The fourth-order valence-corrected chi connectivity index (χ4v) is 3.55. The van der Waals surface area contributed by atoms with E-state index in [0.717, 1.165) is 25.2 Å². The van der Waals surface area contributed by atoms with Gasteiger partial charge in [-0.25, -0.2) is 9.37 Å². The zero-order valence-corrected chi connectivity index (χ0v) is 18.6. The molecule has 0 radical (unpaired) electrons. The Labute approximate surface area is 183 Å². The molecule has 2 aliphatic rings. The van der Waals surface area contributed by atoms with Gasteiger partial charge in [0, 0.05) is 26.8 Å². The molecule has 0 bridgehead atoms. The molecule has 2 heterocycles. The van der Waals surface area contributed by atoms with Crippen LogP contribution in [-0.2, 0) is 9.47 Å². The normalized spacial score (nSPS) is 21.7. The first-order chi connectivity index (χ1) is 15.0. The summed E-state index contributed by atoms with van der Waals surface area (Å²) < 4.78 is 28.8. The van der Waals surface area contributed by atoms with Crippen molar-refractivity contribution in [2.75, 3.05) is 58.2 Å². The van der Waals surface area contributed by atoms with Crippen LogP contribution in [0.5, 0.6) is 5.88 Å². The topological polar surface area (TPSA) is 93.2 Å². The van der Waals surface area contributed by atoms with Crippen molar-refractivity contribution in [3.05, 3.63) is 17.8 Å². The second-order valence-electron chi connectivity index (χ2n) is 8.62. The third-order valence-corrected chi connectivity index (χ3v) is 5.97. The van der Waals surface area contributed by atoms with Crippen molar-refractivity contribution >= 4 is 11.6 Å². The van der Waals surface area contributed by atoms with Gasteiger partial charge in [-0.2, -0.15) is 0 Å². The number of aliphatic hydroxyl groups excluding tert-OH is 1. The Kier molecular flexibility index (Phi) is 8.45. The predicted octanol–water partition coefficient (Wildman–Crippen LogP) is 1.66. The number of aromatic nitrogens is 1. The van der Waals surface area contributed by atoms with Crippen LogP contribution < -0.4 is 15.0 Å². The summed E-state index contributed by atoms with van der Waals surface area (Å²) >= 11 is 0. The van der Waals surface area contributed by atoms with E-state index in [4.69, 9.17) is 14.2 Å². The standard InChI is InChI=1S/C22H34FN3O5/c1-14(2)19(11-27)24-21(28)18-4-5-20(26-9-17(10-26)29-3)22(25-18)31-13-16-8-15(16)12-30-7-6-23/h4-5,14-17,19,27H,6-13H2,1-3H3,(H,24,28)/t15-,16+,19-/m1/s1. The molecule has 31 heavy (non-hydrogen) atoms. The molecule has 2 N–H and O–H groups in total. The number of methoxy groups -OCH3 is 1. The highest BCUT2D eigenvalue weighted by molar-refractivity contribution is 5.93. The second-order valence-corrected chi connectivity index (χ2v) is 8.62. The van der Waals surface area contributed by atoms with Crippen molar-refractivity contribution in [1.82, 2.24) is 10.3 Å². The molecule has 2 fully saturated rings. The van der Waals surface area contributed by atoms with E-state index in [-0.39, 0.29) is 42.9 Å². The molecular formula is C22H34FN3O5. The minimum Gasteiger partial charge on any atom is -0.476 e. The van der Waals surface area contributed by atoms with Gasteiger partial charge in [-0.3, -0.25) is 4.79 Å². The molecule has 0 aromatic carbocycles. The minimum absolute atomic E-state index is 0.0995. The quantitative estimate of drug-likeness (QED) is 0.452. The summed E-state index contributed by atoms with van der Waals surface area (Å²) in [5.41, 5.74) is 1.08. The average Bonchev–Trinajstić information content (AvgIpc) is 3.48. The lowest BCUT2D eigenvalue weighted by Crippen LogP contribution is -2.52. The number of aliphatic hydroxyl groups is 1. The van der Waals surface area contributed by atoms with Crippen LogP contribution in [0.15, 0.2) is 12.1 Å². The number of pyridine rings is 1. The summed E-state index contributed by atoms with van der Waals surface area (Å²) in [6, 6.07) is 3.19. The largest absolute Gasteiger partial charge is 0.476 e. The third kappa shape index (κ3) is 6.27. The van der Waals surface area contributed by atoms with Gasteiger partial charge in [0.05, 0.1) is 32.0 Å². The summed E-state index contributed by atoms with van der Waals surface area (Å²) in [4.78, 5) is 19.3. The van der Waals surface area contributed by atoms with E-state index in [1.165, 1.54) is 0 Å². The monoisotopic (exact) mass is 439 g/mol. The first-order valence-corrected chi connectivity index (χ1v) is 10.9. The highest BCUT2D eigenvalue weighted by atomic mass is 19.1. The Morgan fingerprint density at radius 1 is 1.32 bits per heavy atom. The van der Waals surface area contributed by atoms with Crippen LogP contribution in [0.2, 0.25) is 0 Å². The number of amides is 1. The van der Waals surface area contributed by atoms with Crippen molar-refractivity contribution in [2.45, 2.75) is 32.4 Å². The Balaban J connectivity index is 1.65. The molecule has 1 aromatic rings. The third-order valence-electron chi connectivity index (χ3n) is 5.97. The summed E-state index contributed by atoms with van der Waals surface area (Å²) in [6.45, 7) is 5.89. The number of rotatable bonds is 13. The van der Waals surface area contributed by atoms with Crippen molar-refractivity contribution in [3.8, 4) is 5.88 Å². The van der Waals surface area contributed by atoms with E-state index >= 15 is 0 Å². The molecule has 1 saturated heterocycles. The maximum absolute atomic E-state index is 12.7. The summed E-state index contributed by atoms with van der Waals surface area (Å²) in [7, 11) is 1.69. The fraction of sp³-hybridized carbons (Fsp3) is 0.727. The molecule has 8 nitrogen and oxygen atoms in total. The van der Waals surface area contributed by atoms with Gasteiger partial charge in [0.15, 0.2) is 0 Å². The number of nitrogens with zero attached hydrogens (tertiary/aromatic N) is 2. The number of alkyl halides is 1. The van der Waals surface area contributed by atoms with E-state index in [9.17, 15) is 14.3 Å². The lowest BCUT2D eigenvalue weighted by molar-refractivity contribution is 0.0781. The van der Waals surface area contributed by atoms with Gasteiger partial charge in [-0.1, -0.05) is 13.8 Å². The summed E-state index contributed by atoms with van der Waals surface area (Å²) in [5.74, 6) is 0.894. The first-order valence-electron chi connectivity index (χ1n) is 10.9. The van der Waals surface area contributed by atoms with Crippen LogP contribution >= 0.6 is 0 Å². The van der Waals surface area contributed by atoms with Crippen LogP contribution in [0.1, 0.15) is 30.8 Å². The van der Waals surface area contributed by atoms with Gasteiger partial charge >= 0.3 is 0 Å². The molecular weight excluding hydrogens is 405 g/mol. The average molecular weight is 440 g/mol. The molecule has 1 aromatic heterocycles. The van der Waals surface area contributed by atoms with Gasteiger partial charge in [-0.05, 0) is 36.3 Å². The molecule has 1 aliphatic carbocycles. The SMILES string of the molecule is COC1CN(c2ccc(C(=O)N[C@H](CO)C(C)C)nc2OC[C@@H]2C[C@@H]2COCCF)C1. The van der Waals surface area contributed by atoms with Crippen molar-refractivity contribution in [2.24, 2.45) is 17.8 Å². The van der Waals surface area contributed by atoms with E-state index in [1.54, 1.807) is 13.2 Å². The van der Waals surface area contributed by atoms with Gasteiger partial charge in [-0.15, -0.1) is 0 Å². The molecule has 3 rings (SSSR count). The van der Waals surface area contributed by atoms with Crippen LogP contribution in [-0.4, -0.2) is 81.4 Å². The molecule has 1 amide bonds. The lowest BCUT2D eigenvalue weighted by Gasteiger charge is -2.40. The van der Waals surface area contributed by atoms with Gasteiger partial charge in [0.1, 0.15) is 18.1 Å². The maximum Gasteiger partial charge on any atom is 0.270 e. The van der Waals surface area contributed by atoms with Crippen molar-refractivity contribution in [1.29, 1.82) is 0 Å². The second kappa shape index (κ2) is 11.1. The highest BCUT2D eigenvalue weighted by Crippen LogP contribution is 2.40. The summed E-state index contributed by atoms with van der Waals surface area (Å²) in [5, 5.41) is 12.3. The zero-order valence-electron chi connectivity index (χ0n) is 18.6. The van der Waals surface area contributed by atoms with Gasteiger partial charge in [0.25, 0.3) is 5.91 Å². The Hall–Kier alpha value is -1.97. The number of hydrogen-bond donors (Lipinski definition) is 2. The number of ether oxygens (including phenoxy) is 3.